The average molecular weight is 271 g/mol. The van der Waals surface area contributed by atoms with Gasteiger partial charge in [-0.1, -0.05) is 28.1 Å². The van der Waals surface area contributed by atoms with E-state index in [2.05, 4.69) is 45.5 Å². The van der Waals surface area contributed by atoms with Crippen molar-refractivity contribution in [2.75, 3.05) is 19.6 Å². The number of benzene rings is 1. The lowest BCUT2D eigenvalue weighted by Crippen LogP contribution is -2.19. The molecular weight excluding hydrogens is 252 g/mol. The molecule has 1 aromatic carbocycles. The second kappa shape index (κ2) is 7.85. The molecule has 3 heteroatoms. The quantitative estimate of drug-likeness (QED) is 0.747. The van der Waals surface area contributed by atoms with E-state index in [9.17, 15) is 0 Å². The Morgan fingerprint density at radius 3 is 2.47 bits per heavy atom. The largest absolute Gasteiger partial charge is 0.330 e. The van der Waals surface area contributed by atoms with E-state index < -0.39 is 0 Å². The van der Waals surface area contributed by atoms with E-state index in [1.807, 2.05) is 0 Å². The SMILES string of the molecule is NCCCCNCCc1ccc(Br)cc1. The fraction of sp³-hybridized carbons (Fsp3) is 0.500. The predicted octanol–water partition coefficient (Wildman–Crippen LogP) is 2.32. The van der Waals surface area contributed by atoms with Gasteiger partial charge in [0.05, 0.1) is 0 Å². The van der Waals surface area contributed by atoms with Gasteiger partial charge in [-0.15, -0.1) is 0 Å². The third-order valence-corrected chi connectivity index (χ3v) is 2.84. The highest BCUT2D eigenvalue weighted by Crippen LogP contribution is 2.10. The van der Waals surface area contributed by atoms with E-state index in [0.29, 0.717) is 0 Å². The minimum Gasteiger partial charge on any atom is -0.330 e. The van der Waals surface area contributed by atoms with Crippen molar-refractivity contribution in [3.63, 3.8) is 0 Å². The number of hydrogen-bond donors (Lipinski definition) is 2. The molecule has 0 aliphatic carbocycles. The van der Waals surface area contributed by atoms with Gasteiger partial charge in [0.25, 0.3) is 0 Å². The smallest absolute Gasteiger partial charge is 0.0175 e. The first-order chi connectivity index (χ1) is 7.33. The summed E-state index contributed by atoms with van der Waals surface area (Å²) in [5.74, 6) is 0. The van der Waals surface area contributed by atoms with Gasteiger partial charge in [0, 0.05) is 4.47 Å². The van der Waals surface area contributed by atoms with Gasteiger partial charge in [-0.25, -0.2) is 0 Å². The van der Waals surface area contributed by atoms with Crippen LogP contribution in [-0.4, -0.2) is 19.6 Å². The maximum absolute atomic E-state index is 5.42. The maximum Gasteiger partial charge on any atom is 0.0175 e. The number of halogens is 1. The Kier molecular flexibility index (Phi) is 6.64. The van der Waals surface area contributed by atoms with Crippen LogP contribution in [0.4, 0.5) is 0 Å². The zero-order chi connectivity index (χ0) is 10.9. The van der Waals surface area contributed by atoms with E-state index in [-0.39, 0.29) is 0 Å². The molecule has 0 bridgehead atoms. The van der Waals surface area contributed by atoms with Crippen molar-refractivity contribution in [3.05, 3.63) is 34.3 Å². The van der Waals surface area contributed by atoms with Crippen LogP contribution in [-0.2, 0) is 6.42 Å². The Balaban J connectivity index is 2.07. The Labute approximate surface area is 100 Å². The molecule has 0 saturated carbocycles. The molecular formula is C12H19BrN2. The van der Waals surface area contributed by atoms with Crippen LogP contribution < -0.4 is 11.1 Å². The highest BCUT2D eigenvalue weighted by atomic mass is 79.9. The van der Waals surface area contributed by atoms with Crippen LogP contribution in [0.1, 0.15) is 18.4 Å². The van der Waals surface area contributed by atoms with Gasteiger partial charge in [-0.05, 0) is 56.6 Å². The van der Waals surface area contributed by atoms with E-state index in [1.165, 1.54) is 12.0 Å². The molecule has 1 aromatic rings. The number of hydrogen-bond acceptors (Lipinski definition) is 2. The molecule has 84 valence electrons. The second-order valence-corrected chi connectivity index (χ2v) is 4.54. The van der Waals surface area contributed by atoms with Crippen molar-refractivity contribution >= 4 is 15.9 Å². The molecule has 0 aliphatic rings. The molecule has 0 unspecified atom stereocenters. The zero-order valence-corrected chi connectivity index (χ0v) is 10.6. The molecule has 2 nitrogen and oxygen atoms in total. The summed E-state index contributed by atoms with van der Waals surface area (Å²) >= 11 is 3.43. The Hall–Kier alpha value is -0.380. The van der Waals surface area contributed by atoms with Gasteiger partial charge in [-0.3, -0.25) is 0 Å². The summed E-state index contributed by atoms with van der Waals surface area (Å²) in [7, 11) is 0. The molecule has 0 radical (unpaired) electrons. The third-order valence-electron chi connectivity index (χ3n) is 2.31. The molecule has 0 amide bonds. The number of unbranched alkanes of at least 4 members (excludes halogenated alkanes) is 1. The summed E-state index contributed by atoms with van der Waals surface area (Å²) in [6.07, 6.45) is 3.39. The summed E-state index contributed by atoms with van der Waals surface area (Å²) < 4.78 is 1.14. The molecule has 1 rings (SSSR count). The van der Waals surface area contributed by atoms with E-state index >= 15 is 0 Å². The summed E-state index contributed by atoms with van der Waals surface area (Å²) in [5.41, 5.74) is 6.80. The monoisotopic (exact) mass is 270 g/mol. The number of nitrogens with two attached hydrogens (primary N) is 1. The Morgan fingerprint density at radius 2 is 1.80 bits per heavy atom. The normalized spacial score (nSPS) is 10.5. The molecule has 15 heavy (non-hydrogen) atoms. The van der Waals surface area contributed by atoms with Crippen LogP contribution in [0.15, 0.2) is 28.7 Å². The van der Waals surface area contributed by atoms with Gasteiger partial charge in [0.15, 0.2) is 0 Å². The first kappa shape index (κ1) is 12.7. The molecule has 0 aromatic heterocycles. The van der Waals surface area contributed by atoms with E-state index in [1.54, 1.807) is 0 Å². The predicted molar refractivity (Wildman–Crippen MR) is 69.0 cm³/mol. The highest BCUT2D eigenvalue weighted by molar-refractivity contribution is 9.10. The van der Waals surface area contributed by atoms with Crippen LogP contribution in [0.25, 0.3) is 0 Å². The van der Waals surface area contributed by atoms with Crippen molar-refractivity contribution in [3.8, 4) is 0 Å². The lowest BCUT2D eigenvalue weighted by molar-refractivity contribution is 0.627. The van der Waals surface area contributed by atoms with Crippen LogP contribution in [0.3, 0.4) is 0 Å². The topological polar surface area (TPSA) is 38.0 Å². The van der Waals surface area contributed by atoms with Gasteiger partial charge >= 0.3 is 0 Å². The first-order valence-electron chi connectivity index (χ1n) is 5.48. The van der Waals surface area contributed by atoms with Gasteiger partial charge in [0.1, 0.15) is 0 Å². The standard InChI is InChI=1S/C12H19BrN2/c13-12-5-3-11(4-6-12)7-10-15-9-2-1-8-14/h3-6,15H,1-2,7-10,14H2. The minimum absolute atomic E-state index is 0.800. The Morgan fingerprint density at radius 1 is 1.07 bits per heavy atom. The maximum atomic E-state index is 5.42. The number of rotatable bonds is 7. The van der Waals surface area contributed by atoms with Crippen LogP contribution in [0.2, 0.25) is 0 Å². The third kappa shape index (κ3) is 5.92. The molecule has 0 spiro atoms. The van der Waals surface area contributed by atoms with Crippen molar-refractivity contribution in [2.45, 2.75) is 19.3 Å². The number of nitrogens with one attached hydrogen (secondary N) is 1. The molecule has 3 N–H and O–H groups in total. The van der Waals surface area contributed by atoms with Crippen molar-refractivity contribution in [1.29, 1.82) is 0 Å². The van der Waals surface area contributed by atoms with Crippen molar-refractivity contribution in [2.24, 2.45) is 5.73 Å². The van der Waals surface area contributed by atoms with Crippen LogP contribution in [0.5, 0.6) is 0 Å². The highest BCUT2D eigenvalue weighted by Gasteiger charge is 1.93. The second-order valence-electron chi connectivity index (χ2n) is 3.62. The summed E-state index contributed by atoms with van der Waals surface area (Å²) in [5, 5.41) is 3.42. The van der Waals surface area contributed by atoms with E-state index in [4.69, 9.17) is 5.73 Å². The molecule has 0 aliphatic heterocycles. The van der Waals surface area contributed by atoms with Crippen LogP contribution in [0, 0.1) is 0 Å². The zero-order valence-electron chi connectivity index (χ0n) is 9.01. The fourth-order valence-electron chi connectivity index (χ4n) is 1.40. The van der Waals surface area contributed by atoms with Crippen molar-refractivity contribution < 1.29 is 0 Å². The average Bonchev–Trinajstić information content (AvgIpc) is 2.26. The van der Waals surface area contributed by atoms with Gasteiger partial charge < -0.3 is 11.1 Å². The van der Waals surface area contributed by atoms with Crippen LogP contribution >= 0.6 is 15.9 Å². The fourth-order valence-corrected chi connectivity index (χ4v) is 1.67. The molecule has 0 fully saturated rings. The van der Waals surface area contributed by atoms with Gasteiger partial charge in [0.2, 0.25) is 0 Å². The van der Waals surface area contributed by atoms with E-state index in [0.717, 1.165) is 36.9 Å². The lowest BCUT2D eigenvalue weighted by atomic mass is 10.1. The summed E-state index contributed by atoms with van der Waals surface area (Å²) in [4.78, 5) is 0. The lowest BCUT2D eigenvalue weighted by Gasteiger charge is -2.04. The molecule has 0 heterocycles. The Bertz CT molecular complexity index is 259. The minimum atomic E-state index is 0.800. The molecule has 0 saturated heterocycles. The van der Waals surface area contributed by atoms with Crippen molar-refractivity contribution in [1.82, 2.24) is 5.32 Å². The summed E-state index contributed by atoms with van der Waals surface area (Å²) in [6.45, 7) is 2.92. The summed E-state index contributed by atoms with van der Waals surface area (Å²) in [6, 6.07) is 8.49. The molecule has 0 atom stereocenters. The first-order valence-corrected chi connectivity index (χ1v) is 6.27. The van der Waals surface area contributed by atoms with Gasteiger partial charge in [-0.2, -0.15) is 0 Å².